The van der Waals surface area contributed by atoms with Gasteiger partial charge in [0.1, 0.15) is 0 Å². The van der Waals surface area contributed by atoms with Crippen molar-refractivity contribution >= 4 is 23.4 Å². The van der Waals surface area contributed by atoms with Gasteiger partial charge >= 0.3 is 0 Å². The Kier molecular flexibility index (Phi) is 6.36. The quantitative estimate of drug-likeness (QED) is 0.743. The molecule has 2 saturated heterocycles. The van der Waals surface area contributed by atoms with Crippen molar-refractivity contribution in [3.63, 3.8) is 0 Å². The average Bonchev–Trinajstić information content (AvgIpc) is 2.93. The summed E-state index contributed by atoms with van der Waals surface area (Å²) in [7, 11) is 0. The molecule has 2 aliphatic rings. The van der Waals surface area contributed by atoms with Gasteiger partial charge in [-0.2, -0.15) is 0 Å². The van der Waals surface area contributed by atoms with Crippen LogP contribution in [0.2, 0.25) is 5.02 Å². The standard InChI is InChI=1S/C21H27ClN2O2/c1-2-20(25)23-13-6-7-17(15-23)21(26)24-14-5-3-4-8-19(24)16-9-11-18(22)12-10-16/h2,9-12,17,19H,1,3-8,13-15H2. The number of amides is 2. The Morgan fingerprint density at radius 3 is 2.54 bits per heavy atom. The van der Waals surface area contributed by atoms with E-state index >= 15 is 0 Å². The average molecular weight is 375 g/mol. The van der Waals surface area contributed by atoms with Crippen LogP contribution in [0.1, 0.15) is 50.1 Å². The molecule has 26 heavy (non-hydrogen) atoms. The molecule has 3 rings (SSSR count). The maximum atomic E-state index is 13.3. The molecule has 2 atom stereocenters. The molecule has 0 spiro atoms. The predicted octanol–water partition coefficient (Wildman–Crippen LogP) is 4.21. The SMILES string of the molecule is C=CC(=O)N1CCCC(C(=O)N2CCCCCC2c2ccc(Cl)cc2)C1. The third-order valence-corrected chi connectivity index (χ3v) is 5.80. The first-order valence-corrected chi connectivity index (χ1v) is 9.95. The Hall–Kier alpha value is -1.81. The lowest BCUT2D eigenvalue weighted by Crippen LogP contribution is -2.47. The lowest BCUT2D eigenvalue weighted by atomic mass is 9.94. The fourth-order valence-electron chi connectivity index (χ4n) is 4.15. The number of carbonyl (C=O) groups is 2. The molecule has 1 aromatic rings. The zero-order chi connectivity index (χ0) is 18.5. The van der Waals surface area contributed by atoms with Crippen molar-refractivity contribution in [2.24, 2.45) is 5.92 Å². The molecule has 2 fully saturated rings. The molecule has 5 heteroatoms. The molecule has 140 valence electrons. The first-order chi connectivity index (χ1) is 12.6. The van der Waals surface area contributed by atoms with Crippen LogP contribution in [0.5, 0.6) is 0 Å². The molecular formula is C21H27ClN2O2. The Morgan fingerprint density at radius 1 is 1.04 bits per heavy atom. The van der Waals surface area contributed by atoms with Crippen LogP contribution in [0.15, 0.2) is 36.9 Å². The summed E-state index contributed by atoms with van der Waals surface area (Å²) in [5.41, 5.74) is 1.15. The van der Waals surface area contributed by atoms with Gasteiger partial charge in [0.15, 0.2) is 0 Å². The van der Waals surface area contributed by atoms with Crippen molar-refractivity contribution in [2.75, 3.05) is 19.6 Å². The number of hydrogen-bond donors (Lipinski definition) is 0. The molecule has 0 radical (unpaired) electrons. The molecule has 0 N–H and O–H groups in total. The van der Waals surface area contributed by atoms with Crippen molar-refractivity contribution in [3.05, 3.63) is 47.5 Å². The van der Waals surface area contributed by atoms with E-state index in [1.807, 2.05) is 24.3 Å². The lowest BCUT2D eigenvalue weighted by molar-refractivity contribution is -0.141. The largest absolute Gasteiger partial charge is 0.338 e. The maximum Gasteiger partial charge on any atom is 0.245 e. The van der Waals surface area contributed by atoms with Gasteiger partial charge in [0.25, 0.3) is 0 Å². The van der Waals surface area contributed by atoms with E-state index in [9.17, 15) is 9.59 Å². The zero-order valence-corrected chi connectivity index (χ0v) is 16.0. The molecule has 2 aliphatic heterocycles. The van der Waals surface area contributed by atoms with E-state index in [0.717, 1.165) is 57.2 Å². The highest BCUT2D eigenvalue weighted by Crippen LogP contribution is 2.33. The van der Waals surface area contributed by atoms with Gasteiger partial charge in [-0.1, -0.05) is 43.2 Å². The Morgan fingerprint density at radius 2 is 1.81 bits per heavy atom. The van der Waals surface area contributed by atoms with Crippen molar-refractivity contribution in [2.45, 2.75) is 44.6 Å². The van der Waals surface area contributed by atoms with Gasteiger partial charge in [-0.15, -0.1) is 0 Å². The van der Waals surface area contributed by atoms with Crippen LogP contribution >= 0.6 is 11.6 Å². The Labute approximate surface area is 160 Å². The molecule has 2 heterocycles. The minimum Gasteiger partial charge on any atom is -0.338 e. The zero-order valence-electron chi connectivity index (χ0n) is 15.2. The summed E-state index contributed by atoms with van der Waals surface area (Å²) in [6.07, 6.45) is 7.37. The first kappa shape index (κ1) is 19.0. The lowest BCUT2D eigenvalue weighted by Gasteiger charge is -2.37. The topological polar surface area (TPSA) is 40.6 Å². The van der Waals surface area contributed by atoms with Crippen molar-refractivity contribution in [1.82, 2.24) is 9.80 Å². The van der Waals surface area contributed by atoms with E-state index < -0.39 is 0 Å². The number of piperidine rings is 1. The van der Waals surface area contributed by atoms with Gasteiger partial charge in [0, 0.05) is 24.7 Å². The molecule has 0 saturated carbocycles. The van der Waals surface area contributed by atoms with Crippen LogP contribution in [0.3, 0.4) is 0 Å². The molecule has 2 unspecified atom stereocenters. The number of likely N-dealkylation sites (tertiary alicyclic amines) is 2. The minimum atomic E-state index is -0.111. The second-order valence-electron chi connectivity index (χ2n) is 7.28. The second kappa shape index (κ2) is 8.72. The summed E-state index contributed by atoms with van der Waals surface area (Å²) < 4.78 is 0. The molecule has 4 nitrogen and oxygen atoms in total. The highest BCUT2D eigenvalue weighted by atomic mass is 35.5. The minimum absolute atomic E-state index is 0.0763. The second-order valence-corrected chi connectivity index (χ2v) is 7.71. The Balaban J connectivity index is 1.78. The van der Waals surface area contributed by atoms with E-state index in [2.05, 4.69) is 11.5 Å². The first-order valence-electron chi connectivity index (χ1n) is 9.57. The van der Waals surface area contributed by atoms with Crippen molar-refractivity contribution in [3.8, 4) is 0 Å². The van der Waals surface area contributed by atoms with Crippen LogP contribution < -0.4 is 0 Å². The summed E-state index contributed by atoms with van der Waals surface area (Å²) in [5, 5.41) is 0.714. The number of hydrogen-bond acceptors (Lipinski definition) is 2. The summed E-state index contributed by atoms with van der Waals surface area (Å²) in [6, 6.07) is 7.97. The molecule has 1 aromatic carbocycles. The molecule has 0 bridgehead atoms. The van der Waals surface area contributed by atoms with E-state index in [1.54, 1.807) is 4.90 Å². The third-order valence-electron chi connectivity index (χ3n) is 5.55. The van der Waals surface area contributed by atoms with Crippen LogP contribution in [0, 0.1) is 5.92 Å². The van der Waals surface area contributed by atoms with E-state index in [1.165, 1.54) is 6.08 Å². The number of benzene rings is 1. The van der Waals surface area contributed by atoms with Crippen LogP contribution in [0.25, 0.3) is 0 Å². The molecule has 0 aromatic heterocycles. The Bertz CT molecular complexity index is 658. The van der Waals surface area contributed by atoms with Gasteiger partial charge in [-0.25, -0.2) is 0 Å². The third kappa shape index (κ3) is 4.29. The molecule has 2 amide bonds. The van der Waals surface area contributed by atoms with E-state index in [-0.39, 0.29) is 23.8 Å². The summed E-state index contributed by atoms with van der Waals surface area (Å²) in [6.45, 7) is 5.58. The number of rotatable bonds is 3. The van der Waals surface area contributed by atoms with E-state index in [4.69, 9.17) is 11.6 Å². The fraction of sp³-hybridized carbons (Fsp3) is 0.524. The highest BCUT2D eigenvalue weighted by Gasteiger charge is 2.34. The van der Waals surface area contributed by atoms with E-state index in [0.29, 0.717) is 11.6 Å². The van der Waals surface area contributed by atoms with Crippen molar-refractivity contribution < 1.29 is 9.59 Å². The molecule has 0 aliphatic carbocycles. The predicted molar refractivity (Wildman–Crippen MR) is 104 cm³/mol. The van der Waals surface area contributed by atoms with Crippen LogP contribution in [-0.4, -0.2) is 41.2 Å². The number of nitrogens with zero attached hydrogens (tertiary/aromatic N) is 2. The van der Waals surface area contributed by atoms with Crippen LogP contribution in [-0.2, 0) is 9.59 Å². The normalized spacial score (nSPS) is 24.0. The number of carbonyl (C=O) groups excluding carboxylic acids is 2. The summed E-state index contributed by atoms with van der Waals surface area (Å²) in [4.78, 5) is 29.1. The smallest absolute Gasteiger partial charge is 0.245 e. The summed E-state index contributed by atoms with van der Waals surface area (Å²) >= 11 is 6.04. The van der Waals surface area contributed by atoms with Gasteiger partial charge < -0.3 is 9.80 Å². The molecular weight excluding hydrogens is 348 g/mol. The fourth-order valence-corrected chi connectivity index (χ4v) is 4.27. The van der Waals surface area contributed by atoms with Gasteiger partial charge in [-0.05, 0) is 49.5 Å². The highest BCUT2D eigenvalue weighted by molar-refractivity contribution is 6.30. The van der Waals surface area contributed by atoms with Crippen molar-refractivity contribution in [1.29, 1.82) is 0 Å². The maximum absolute atomic E-state index is 13.3. The van der Waals surface area contributed by atoms with Crippen LogP contribution in [0.4, 0.5) is 0 Å². The number of halogens is 1. The van der Waals surface area contributed by atoms with Gasteiger partial charge in [-0.3, -0.25) is 9.59 Å². The van der Waals surface area contributed by atoms with Gasteiger partial charge in [0.2, 0.25) is 11.8 Å². The monoisotopic (exact) mass is 374 g/mol. The summed E-state index contributed by atoms with van der Waals surface area (Å²) in [5.74, 6) is 0.00146. The van der Waals surface area contributed by atoms with Gasteiger partial charge in [0.05, 0.1) is 12.0 Å².